The van der Waals surface area contributed by atoms with Crippen molar-refractivity contribution >= 4 is 27.3 Å². The monoisotopic (exact) mass is 354 g/mol. The van der Waals surface area contributed by atoms with Gasteiger partial charge in [-0.3, -0.25) is 4.90 Å². The van der Waals surface area contributed by atoms with E-state index in [1.807, 2.05) is 12.1 Å². The molecule has 0 saturated carbocycles. The van der Waals surface area contributed by atoms with Gasteiger partial charge in [-0.1, -0.05) is 12.1 Å². The molecule has 1 aromatic carbocycles. The third-order valence-electron chi connectivity index (χ3n) is 3.29. The minimum atomic E-state index is 0.184. The van der Waals surface area contributed by atoms with Crippen LogP contribution in [0.2, 0.25) is 0 Å². The van der Waals surface area contributed by atoms with E-state index in [0.29, 0.717) is 6.54 Å². The van der Waals surface area contributed by atoms with Crippen molar-refractivity contribution in [3.63, 3.8) is 0 Å². The summed E-state index contributed by atoms with van der Waals surface area (Å²) in [6.45, 7) is 1.45. The summed E-state index contributed by atoms with van der Waals surface area (Å²) in [6, 6.07) is 10.4. The zero-order chi connectivity index (χ0) is 14.5. The first-order valence-corrected chi connectivity index (χ1v) is 8.08. The summed E-state index contributed by atoms with van der Waals surface area (Å²) >= 11 is 5.21. The van der Waals surface area contributed by atoms with Crippen LogP contribution in [0.3, 0.4) is 0 Å². The fourth-order valence-electron chi connectivity index (χ4n) is 2.25. The Kier molecular flexibility index (Phi) is 5.60. The van der Waals surface area contributed by atoms with Crippen molar-refractivity contribution in [3.8, 4) is 5.75 Å². The van der Waals surface area contributed by atoms with Crippen molar-refractivity contribution in [2.75, 3.05) is 20.7 Å². The highest BCUT2D eigenvalue weighted by atomic mass is 79.9. The Bertz CT molecular complexity index is 558. The van der Waals surface area contributed by atoms with Crippen molar-refractivity contribution < 1.29 is 4.74 Å². The molecule has 0 aliphatic heterocycles. The molecular weight excluding hydrogens is 336 g/mol. The van der Waals surface area contributed by atoms with Crippen molar-refractivity contribution in [3.05, 3.63) is 50.6 Å². The number of nitrogens with two attached hydrogens (primary N) is 1. The van der Waals surface area contributed by atoms with Gasteiger partial charge >= 0.3 is 0 Å². The van der Waals surface area contributed by atoms with Gasteiger partial charge in [0.05, 0.1) is 10.9 Å². The Balaban J connectivity index is 2.13. The summed E-state index contributed by atoms with van der Waals surface area (Å²) in [5.74, 6) is 0.868. The molecule has 2 aromatic rings. The molecule has 1 heterocycles. The first kappa shape index (κ1) is 15.5. The number of methoxy groups -OCH3 is 1. The normalized spacial score (nSPS) is 12.7. The van der Waals surface area contributed by atoms with E-state index in [-0.39, 0.29) is 6.04 Å². The number of halogens is 1. The van der Waals surface area contributed by atoms with E-state index in [1.165, 1.54) is 11.1 Å². The van der Waals surface area contributed by atoms with Crippen LogP contribution in [-0.4, -0.2) is 25.6 Å². The maximum atomic E-state index is 5.97. The average molecular weight is 355 g/mol. The molecule has 0 aliphatic carbocycles. The van der Waals surface area contributed by atoms with Crippen molar-refractivity contribution in [1.29, 1.82) is 0 Å². The van der Waals surface area contributed by atoms with Crippen LogP contribution in [0.15, 0.2) is 39.5 Å². The van der Waals surface area contributed by atoms with E-state index in [0.717, 1.165) is 16.1 Å². The summed E-state index contributed by atoms with van der Waals surface area (Å²) in [7, 11) is 3.78. The maximum Gasteiger partial charge on any atom is 0.119 e. The van der Waals surface area contributed by atoms with Gasteiger partial charge in [0.15, 0.2) is 0 Å². The van der Waals surface area contributed by atoms with Gasteiger partial charge in [0.25, 0.3) is 0 Å². The Labute approximate surface area is 132 Å². The number of hydrogen-bond donors (Lipinski definition) is 1. The lowest BCUT2D eigenvalue weighted by atomic mass is 10.0. The fourth-order valence-corrected chi connectivity index (χ4v) is 3.45. The van der Waals surface area contributed by atoms with Gasteiger partial charge in [0.2, 0.25) is 0 Å². The lowest BCUT2D eigenvalue weighted by molar-refractivity contribution is 0.241. The molecule has 5 heteroatoms. The number of likely N-dealkylation sites (N-methyl/N-ethyl adjacent to an activating group) is 1. The van der Waals surface area contributed by atoms with Crippen LogP contribution in [0, 0.1) is 0 Å². The zero-order valence-electron chi connectivity index (χ0n) is 11.7. The average Bonchev–Trinajstić information content (AvgIpc) is 2.85. The number of hydrogen-bond acceptors (Lipinski definition) is 4. The van der Waals surface area contributed by atoms with Crippen LogP contribution in [0.5, 0.6) is 5.75 Å². The fraction of sp³-hybridized carbons (Fsp3) is 0.333. The van der Waals surface area contributed by atoms with E-state index < -0.39 is 0 Å². The van der Waals surface area contributed by atoms with Gasteiger partial charge in [-0.05, 0) is 57.7 Å². The van der Waals surface area contributed by atoms with Gasteiger partial charge in [0, 0.05) is 19.1 Å². The molecule has 0 amide bonds. The van der Waals surface area contributed by atoms with Crippen molar-refractivity contribution in [1.82, 2.24) is 4.90 Å². The molecule has 0 radical (unpaired) electrons. The molecule has 1 atom stereocenters. The van der Waals surface area contributed by atoms with Gasteiger partial charge in [-0.15, -0.1) is 11.3 Å². The van der Waals surface area contributed by atoms with E-state index in [1.54, 1.807) is 18.4 Å². The quantitative estimate of drug-likeness (QED) is 0.860. The number of rotatable bonds is 6. The number of thiophene rings is 1. The highest BCUT2D eigenvalue weighted by Crippen LogP contribution is 2.26. The van der Waals surface area contributed by atoms with Gasteiger partial charge in [0.1, 0.15) is 5.75 Å². The lowest BCUT2D eigenvalue weighted by Gasteiger charge is -2.27. The first-order chi connectivity index (χ1) is 9.63. The van der Waals surface area contributed by atoms with Gasteiger partial charge in [-0.25, -0.2) is 0 Å². The summed E-state index contributed by atoms with van der Waals surface area (Å²) in [6.07, 6.45) is 0. The molecule has 0 spiro atoms. The molecule has 1 unspecified atom stereocenters. The molecule has 0 aliphatic rings. The first-order valence-electron chi connectivity index (χ1n) is 6.41. The smallest absolute Gasteiger partial charge is 0.119 e. The number of nitrogens with zero attached hydrogens (tertiary/aromatic N) is 1. The highest BCUT2D eigenvalue weighted by molar-refractivity contribution is 9.11. The standard InChI is InChI=1S/C15H19BrN2OS/c1-18(9-11-6-15(16)20-10-11)14(8-17)12-4-3-5-13(7-12)19-2/h3-7,10,14H,8-9,17H2,1-2H3. The Morgan fingerprint density at radius 1 is 1.40 bits per heavy atom. The Hall–Kier alpha value is -0.880. The summed E-state index contributed by atoms with van der Waals surface area (Å²) in [4.78, 5) is 2.27. The van der Waals surface area contributed by atoms with Crippen molar-refractivity contribution in [2.24, 2.45) is 5.73 Å². The molecule has 0 fully saturated rings. The minimum absolute atomic E-state index is 0.184. The number of ether oxygens (including phenoxy) is 1. The van der Waals surface area contributed by atoms with Gasteiger partial charge < -0.3 is 10.5 Å². The topological polar surface area (TPSA) is 38.5 Å². The maximum absolute atomic E-state index is 5.97. The predicted octanol–water partition coefficient (Wildman–Crippen LogP) is 3.65. The van der Waals surface area contributed by atoms with E-state index in [2.05, 4.69) is 51.5 Å². The molecule has 2 N–H and O–H groups in total. The summed E-state index contributed by atoms with van der Waals surface area (Å²) in [5.41, 5.74) is 8.45. The summed E-state index contributed by atoms with van der Waals surface area (Å²) < 4.78 is 6.45. The van der Waals surface area contributed by atoms with Crippen LogP contribution in [0.4, 0.5) is 0 Å². The zero-order valence-corrected chi connectivity index (χ0v) is 14.1. The number of benzene rings is 1. The van der Waals surface area contributed by atoms with E-state index in [9.17, 15) is 0 Å². The molecule has 2 rings (SSSR count). The second kappa shape index (κ2) is 7.22. The third kappa shape index (κ3) is 3.82. The predicted molar refractivity (Wildman–Crippen MR) is 88.3 cm³/mol. The third-order valence-corrected chi connectivity index (χ3v) is 4.84. The molecule has 0 saturated heterocycles. The molecule has 108 valence electrons. The molecular formula is C15H19BrN2OS. The Morgan fingerprint density at radius 2 is 2.20 bits per heavy atom. The van der Waals surface area contributed by atoms with E-state index in [4.69, 9.17) is 10.5 Å². The van der Waals surface area contributed by atoms with Crippen LogP contribution in [-0.2, 0) is 6.54 Å². The van der Waals surface area contributed by atoms with E-state index >= 15 is 0 Å². The van der Waals surface area contributed by atoms with Crippen LogP contribution in [0.1, 0.15) is 17.2 Å². The van der Waals surface area contributed by atoms with Gasteiger partial charge in [-0.2, -0.15) is 0 Å². The lowest BCUT2D eigenvalue weighted by Crippen LogP contribution is -2.30. The molecule has 1 aromatic heterocycles. The van der Waals surface area contributed by atoms with Crippen LogP contribution >= 0.6 is 27.3 Å². The van der Waals surface area contributed by atoms with Crippen LogP contribution < -0.4 is 10.5 Å². The van der Waals surface area contributed by atoms with Crippen molar-refractivity contribution in [2.45, 2.75) is 12.6 Å². The minimum Gasteiger partial charge on any atom is -0.497 e. The SMILES string of the molecule is COc1cccc(C(CN)N(C)Cc2csc(Br)c2)c1. The summed E-state index contributed by atoms with van der Waals surface area (Å²) in [5, 5.41) is 2.17. The second-order valence-corrected chi connectivity index (χ2v) is 6.99. The molecule has 3 nitrogen and oxygen atoms in total. The molecule has 0 bridgehead atoms. The Morgan fingerprint density at radius 3 is 2.80 bits per heavy atom. The second-order valence-electron chi connectivity index (χ2n) is 4.70. The molecule has 20 heavy (non-hydrogen) atoms. The largest absolute Gasteiger partial charge is 0.497 e. The highest BCUT2D eigenvalue weighted by Gasteiger charge is 2.16. The van der Waals surface area contributed by atoms with Crippen LogP contribution in [0.25, 0.3) is 0 Å².